The number of likely N-dealkylation sites (tertiary alicyclic amines) is 1. The predicted octanol–water partition coefficient (Wildman–Crippen LogP) is 2.42. The molecule has 2 aliphatic rings. The smallest absolute Gasteiger partial charge is 0.237 e. The van der Waals surface area contributed by atoms with Gasteiger partial charge in [-0.2, -0.15) is 0 Å². The summed E-state index contributed by atoms with van der Waals surface area (Å²) in [6.45, 7) is 7.70. The maximum Gasteiger partial charge on any atom is 0.237 e. The van der Waals surface area contributed by atoms with Crippen molar-refractivity contribution >= 4 is 5.91 Å². The number of nitrogens with one attached hydrogen (secondary N) is 1. The monoisotopic (exact) mass is 295 g/mol. The van der Waals surface area contributed by atoms with E-state index in [0.29, 0.717) is 18.1 Å². The summed E-state index contributed by atoms with van der Waals surface area (Å²) in [6.07, 6.45) is 9.64. The lowest BCUT2D eigenvalue weighted by Crippen LogP contribution is -2.57. The first-order valence-corrected chi connectivity index (χ1v) is 8.79. The van der Waals surface area contributed by atoms with Crippen molar-refractivity contribution < 1.29 is 4.79 Å². The SMILES string of the molecule is CCC1CCCCCN1C(C)CC(C)(NC1CC1)C(N)=O. The van der Waals surface area contributed by atoms with E-state index in [2.05, 4.69) is 24.1 Å². The lowest BCUT2D eigenvalue weighted by molar-refractivity contribution is -0.124. The highest BCUT2D eigenvalue weighted by Gasteiger charge is 2.39. The zero-order valence-electron chi connectivity index (χ0n) is 14.0. The Morgan fingerprint density at radius 2 is 2.05 bits per heavy atom. The van der Waals surface area contributed by atoms with E-state index in [9.17, 15) is 4.79 Å². The van der Waals surface area contributed by atoms with Crippen LogP contribution in [0.4, 0.5) is 0 Å². The van der Waals surface area contributed by atoms with Crippen LogP contribution in [-0.2, 0) is 4.79 Å². The summed E-state index contributed by atoms with van der Waals surface area (Å²) in [5.74, 6) is -0.205. The van der Waals surface area contributed by atoms with Gasteiger partial charge in [-0.25, -0.2) is 0 Å². The third-order valence-corrected chi connectivity index (χ3v) is 5.31. The molecule has 4 heteroatoms. The van der Waals surface area contributed by atoms with Crippen LogP contribution in [0.1, 0.15) is 72.1 Å². The highest BCUT2D eigenvalue weighted by Crippen LogP contribution is 2.28. The van der Waals surface area contributed by atoms with Crippen molar-refractivity contribution in [1.29, 1.82) is 0 Å². The fraction of sp³-hybridized carbons (Fsp3) is 0.941. The summed E-state index contributed by atoms with van der Waals surface area (Å²) in [5.41, 5.74) is 5.14. The first-order chi connectivity index (χ1) is 9.96. The van der Waals surface area contributed by atoms with Gasteiger partial charge in [0.15, 0.2) is 0 Å². The first-order valence-electron chi connectivity index (χ1n) is 8.79. The Kier molecular flexibility index (Phi) is 5.67. The van der Waals surface area contributed by atoms with E-state index < -0.39 is 5.54 Å². The van der Waals surface area contributed by atoms with Gasteiger partial charge in [-0.15, -0.1) is 0 Å². The number of primary amides is 1. The van der Waals surface area contributed by atoms with E-state index in [4.69, 9.17) is 5.73 Å². The Bertz CT molecular complexity index is 356. The molecule has 1 amide bonds. The van der Waals surface area contributed by atoms with Crippen LogP contribution >= 0.6 is 0 Å². The van der Waals surface area contributed by atoms with Gasteiger partial charge in [0.25, 0.3) is 0 Å². The number of nitrogens with two attached hydrogens (primary N) is 1. The van der Waals surface area contributed by atoms with Gasteiger partial charge in [-0.05, 0) is 58.9 Å². The topological polar surface area (TPSA) is 58.4 Å². The first kappa shape index (κ1) is 16.8. The van der Waals surface area contributed by atoms with Gasteiger partial charge in [0.05, 0.1) is 5.54 Å². The normalized spacial score (nSPS) is 28.6. The van der Waals surface area contributed by atoms with Gasteiger partial charge in [0.2, 0.25) is 5.91 Å². The van der Waals surface area contributed by atoms with Gasteiger partial charge >= 0.3 is 0 Å². The number of carbonyl (C=O) groups is 1. The molecule has 3 N–H and O–H groups in total. The van der Waals surface area contributed by atoms with Crippen molar-refractivity contribution in [2.75, 3.05) is 6.54 Å². The zero-order chi connectivity index (χ0) is 15.5. The number of amides is 1. The van der Waals surface area contributed by atoms with Crippen LogP contribution in [0.5, 0.6) is 0 Å². The van der Waals surface area contributed by atoms with Crippen LogP contribution in [0.15, 0.2) is 0 Å². The fourth-order valence-electron chi connectivity index (χ4n) is 3.84. The molecule has 1 heterocycles. The third kappa shape index (κ3) is 4.43. The molecular weight excluding hydrogens is 262 g/mol. The molecule has 0 radical (unpaired) electrons. The molecule has 0 aromatic heterocycles. The Hall–Kier alpha value is -0.610. The molecule has 21 heavy (non-hydrogen) atoms. The van der Waals surface area contributed by atoms with Crippen LogP contribution in [0.2, 0.25) is 0 Å². The van der Waals surface area contributed by atoms with Crippen LogP contribution in [-0.4, -0.2) is 41.0 Å². The highest BCUT2D eigenvalue weighted by atomic mass is 16.1. The number of hydrogen-bond donors (Lipinski definition) is 2. The molecule has 3 atom stereocenters. The Labute approximate surface area is 129 Å². The molecule has 4 nitrogen and oxygen atoms in total. The van der Waals surface area contributed by atoms with Crippen molar-refractivity contribution in [3.63, 3.8) is 0 Å². The Morgan fingerprint density at radius 3 is 2.62 bits per heavy atom. The summed E-state index contributed by atoms with van der Waals surface area (Å²) in [4.78, 5) is 14.6. The quantitative estimate of drug-likeness (QED) is 0.758. The van der Waals surface area contributed by atoms with Crippen LogP contribution < -0.4 is 11.1 Å². The maximum atomic E-state index is 12.0. The molecule has 122 valence electrons. The number of nitrogens with zero attached hydrogens (tertiary/aromatic N) is 1. The molecule has 2 rings (SSSR count). The third-order valence-electron chi connectivity index (χ3n) is 5.31. The van der Waals surface area contributed by atoms with Crippen molar-refractivity contribution in [3.05, 3.63) is 0 Å². The van der Waals surface area contributed by atoms with E-state index >= 15 is 0 Å². The average Bonchev–Trinajstić information content (AvgIpc) is 3.23. The summed E-state index contributed by atoms with van der Waals surface area (Å²) >= 11 is 0. The van der Waals surface area contributed by atoms with Gasteiger partial charge in [0.1, 0.15) is 0 Å². The largest absolute Gasteiger partial charge is 0.368 e. The van der Waals surface area contributed by atoms with E-state index in [1.807, 2.05) is 6.92 Å². The molecule has 1 aliphatic heterocycles. The fourth-order valence-corrected chi connectivity index (χ4v) is 3.84. The molecule has 2 fully saturated rings. The average molecular weight is 295 g/mol. The van der Waals surface area contributed by atoms with Gasteiger partial charge in [0, 0.05) is 18.1 Å². The minimum atomic E-state index is -0.564. The maximum absolute atomic E-state index is 12.0. The summed E-state index contributed by atoms with van der Waals surface area (Å²) < 4.78 is 0. The minimum absolute atomic E-state index is 0.205. The summed E-state index contributed by atoms with van der Waals surface area (Å²) in [7, 11) is 0. The lowest BCUT2D eigenvalue weighted by atomic mass is 9.90. The van der Waals surface area contributed by atoms with E-state index in [1.165, 1.54) is 44.9 Å². The zero-order valence-corrected chi connectivity index (χ0v) is 14.0. The summed E-state index contributed by atoms with van der Waals surface area (Å²) in [6, 6.07) is 1.57. The van der Waals surface area contributed by atoms with E-state index in [0.717, 1.165) is 13.0 Å². The molecule has 0 aromatic rings. The highest BCUT2D eigenvalue weighted by molar-refractivity contribution is 5.84. The summed E-state index contributed by atoms with van der Waals surface area (Å²) in [5, 5.41) is 3.48. The molecular formula is C17H33N3O. The Balaban J connectivity index is 2.01. The Morgan fingerprint density at radius 1 is 1.33 bits per heavy atom. The van der Waals surface area contributed by atoms with Gasteiger partial charge < -0.3 is 11.1 Å². The second kappa shape index (κ2) is 7.10. The van der Waals surface area contributed by atoms with Crippen molar-refractivity contribution in [3.8, 4) is 0 Å². The second-order valence-corrected chi connectivity index (χ2v) is 7.32. The second-order valence-electron chi connectivity index (χ2n) is 7.32. The van der Waals surface area contributed by atoms with Crippen molar-refractivity contribution in [1.82, 2.24) is 10.2 Å². The van der Waals surface area contributed by atoms with Gasteiger partial charge in [-0.1, -0.05) is 19.8 Å². The molecule has 0 spiro atoms. The molecule has 0 bridgehead atoms. The number of rotatable bonds is 7. The molecule has 3 unspecified atom stereocenters. The standard InChI is InChI=1S/C17H33N3O/c1-4-15-8-6-5-7-11-20(15)13(2)12-17(3,16(18)21)19-14-9-10-14/h13-15,19H,4-12H2,1-3H3,(H2,18,21). The number of carbonyl (C=O) groups excluding carboxylic acids is 1. The van der Waals surface area contributed by atoms with Crippen molar-refractivity contribution in [2.45, 2.75) is 95.8 Å². The van der Waals surface area contributed by atoms with E-state index in [1.54, 1.807) is 0 Å². The molecule has 1 saturated heterocycles. The number of hydrogen-bond acceptors (Lipinski definition) is 3. The predicted molar refractivity (Wildman–Crippen MR) is 87.1 cm³/mol. The van der Waals surface area contributed by atoms with Gasteiger partial charge in [-0.3, -0.25) is 9.69 Å². The molecule has 1 saturated carbocycles. The van der Waals surface area contributed by atoms with E-state index in [-0.39, 0.29) is 5.91 Å². The van der Waals surface area contributed by atoms with Crippen LogP contribution in [0.25, 0.3) is 0 Å². The van der Waals surface area contributed by atoms with Crippen LogP contribution in [0, 0.1) is 0 Å². The van der Waals surface area contributed by atoms with Crippen molar-refractivity contribution in [2.24, 2.45) is 5.73 Å². The minimum Gasteiger partial charge on any atom is -0.368 e. The lowest BCUT2D eigenvalue weighted by Gasteiger charge is -2.39. The molecule has 0 aromatic carbocycles. The van der Waals surface area contributed by atoms with Crippen LogP contribution in [0.3, 0.4) is 0 Å². The molecule has 1 aliphatic carbocycles.